The van der Waals surface area contributed by atoms with Gasteiger partial charge in [0.2, 0.25) is 0 Å². The molecule has 0 radical (unpaired) electrons. The summed E-state index contributed by atoms with van der Waals surface area (Å²) < 4.78 is 28.1. The van der Waals surface area contributed by atoms with Crippen molar-refractivity contribution in [3.63, 3.8) is 0 Å². The first-order valence-electron chi connectivity index (χ1n) is 10.0. The molecule has 0 unspecified atom stereocenters. The van der Waals surface area contributed by atoms with Crippen LogP contribution in [0.3, 0.4) is 0 Å². The van der Waals surface area contributed by atoms with Gasteiger partial charge in [-0.15, -0.1) is 10.2 Å². The number of aromatic carboxylic acids is 2. The van der Waals surface area contributed by atoms with Gasteiger partial charge in [-0.3, -0.25) is 4.72 Å². The van der Waals surface area contributed by atoms with Crippen molar-refractivity contribution in [2.75, 3.05) is 4.72 Å². The Labute approximate surface area is 198 Å². The molecule has 176 valence electrons. The van der Waals surface area contributed by atoms with E-state index in [4.69, 9.17) is 0 Å². The molecule has 11 heteroatoms. The van der Waals surface area contributed by atoms with Gasteiger partial charge < -0.3 is 15.3 Å². The molecular weight excluding hydrogens is 474 g/mol. The number of hydrogen-bond acceptors (Lipinski definition) is 7. The third-order valence-corrected chi connectivity index (χ3v) is 6.41. The Balaban J connectivity index is 1.73. The molecule has 0 spiro atoms. The van der Waals surface area contributed by atoms with Crippen molar-refractivity contribution in [1.82, 2.24) is 0 Å². The number of azo groups is 1. The quantitative estimate of drug-likeness (QED) is 0.259. The van der Waals surface area contributed by atoms with Gasteiger partial charge in [0.05, 0.1) is 21.7 Å². The van der Waals surface area contributed by atoms with Crippen LogP contribution in [0.25, 0.3) is 10.8 Å². The first-order chi connectivity index (χ1) is 16.7. The van der Waals surface area contributed by atoms with Gasteiger partial charge in [-0.2, -0.15) is 0 Å². The second-order valence-corrected chi connectivity index (χ2v) is 8.98. The summed E-state index contributed by atoms with van der Waals surface area (Å²) in [5.74, 6) is -2.71. The normalized spacial score (nSPS) is 11.5. The third kappa shape index (κ3) is 4.80. The van der Waals surface area contributed by atoms with Crippen LogP contribution in [0.2, 0.25) is 0 Å². The van der Waals surface area contributed by atoms with Gasteiger partial charge in [-0.05, 0) is 47.9 Å². The molecule has 0 heterocycles. The number of nitrogens with zero attached hydrogens (tertiary/aromatic N) is 2. The summed E-state index contributed by atoms with van der Waals surface area (Å²) in [6.45, 7) is 0. The first-order valence-corrected chi connectivity index (χ1v) is 11.5. The molecule has 0 saturated carbocycles. The van der Waals surface area contributed by atoms with Crippen LogP contribution in [0.15, 0.2) is 94.0 Å². The predicted molar refractivity (Wildman–Crippen MR) is 127 cm³/mol. The molecule has 4 N–H and O–H groups in total. The Kier molecular flexibility index (Phi) is 6.17. The fourth-order valence-electron chi connectivity index (χ4n) is 3.36. The Morgan fingerprint density at radius 2 is 1.43 bits per heavy atom. The number of rotatable bonds is 7. The van der Waals surface area contributed by atoms with Gasteiger partial charge in [0, 0.05) is 5.39 Å². The van der Waals surface area contributed by atoms with Crippen LogP contribution >= 0.6 is 0 Å². The number of carboxylic acid groups (broad SMARTS) is 2. The standard InChI is InChI=1S/C24H17N3O7S/c28-21-12-9-14-13-15(35(33,34)27-20-8-4-2-6-18(20)24(31)32)10-11-16(14)22(21)26-25-19-7-3-1-5-17(19)23(29)30/h1-13,27-28H,(H,29,30)(H,31,32). The van der Waals surface area contributed by atoms with E-state index >= 15 is 0 Å². The van der Waals surface area contributed by atoms with Crippen molar-refractivity contribution < 1.29 is 33.3 Å². The number of carbonyl (C=O) groups is 2. The van der Waals surface area contributed by atoms with Crippen LogP contribution in [0.4, 0.5) is 17.1 Å². The van der Waals surface area contributed by atoms with Gasteiger partial charge >= 0.3 is 11.9 Å². The largest absolute Gasteiger partial charge is 0.506 e. The van der Waals surface area contributed by atoms with E-state index in [2.05, 4.69) is 15.0 Å². The van der Waals surface area contributed by atoms with Gasteiger partial charge in [0.25, 0.3) is 10.0 Å². The summed E-state index contributed by atoms with van der Waals surface area (Å²) in [4.78, 5) is 22.6. The molecule has 0 atom stereocenters. The number of sulfonamides is 1. The Hall–Kier alpha value is -4.77. The van der Waals surface area contributed by atoms with E-state index in [1.54, 1.807) is 12.1 Å². The maximum Gasteiger partial charge on any atom is 0.337 e. The number of anilines is 1. The van der Waals surface area contributed by atoms with Gasteiger partial charge in [0.15, 0.2) is 0 Å². The minimum Gasteiger partial charge on any atom is -0.506 e. The number of benzene rings is 4. The van der Waals surface area contributed by atoms with Crippen molar-refractivity contribution >= 4 is 49.8 Å². The molecule has 4 rings (SSSR count). The van der Waals surface area contributed by atoms with Crippen LogP contribution in [-0.2, 0) is 10.0 Å². The summed E-state index contributed by atoms with van der Waals surface area (Å²) >= 11 is 0. The predicted octanol–water partition coefficient (Wildman–Crippen LogP) is 5.16. The van der Waals surface area contributed by atoms with Crippen molar-refractivity contribution in [2.45, 2.75) is 4.90 Å². The van der Waals surface area contributed by atoms with E-state index in [9.17, 15) is 33.3 Å². The maximum atomic E-state index is 12.9. The molecule has 35 heavy (non-hydrogen) atoms. The average Bonchev–Trinajstić information content (AvgIpc) is 2.83. The second kappa shape index (κ2) is 9.23. The lowest BCUT2D eigenvalue weighted by Gasteiger charge is -2.12. The van der Waals surface area contributed by atoms with Crippen molar-refractivity contribution in [3.05, 3.63) is 90.0 Å². The molecule has 0 aliphatic carbocycles. The van der Waals surface area contributed by atoms with Gasteiger partial charge in [0.1, 0.15) is 17.1 Å². The number of phenols is 1. The average molecular weight is 491 g/mol. The van der Waals surface area contributed by atoms with Crippen LogP contribution in [-0.4, -0.2) is 35.7 Å². The highest BCUT2D eigenvalue weighted by atomic mass is 32.2. The molecule has 0 saturated heterocycles. The van der Waals surface area contributed by atoms with Crippen LogP contribution in [0.1, 0.15) is 20.7 Å². The van der Waals surface area contributed by atoms with Gasteiger partial charge in [-0.1, -0.05) is 36.4 Å². The van der Waals surface area contributed by atoms with E-state index in [0.29, 0.717) is 10.8 Å². The van der Waals surface area contributed by atoms with E-state index in [-0.39, 0.29) is 38.8 Å². The zero-order valence-corrected chi connectivity index (χ0v) is 18.6. The lowest BCUT2D eigenvalue weighted by Crippen LogP contribution is -2.15. The lowest BCUT2D eigenvalue weighted by molar-refractivity contribution is 0.0687. The second-order valence-electron chi connectivity index (χ2n) is 7.29. The van der Waals surface area contributed by atoms with E-state index < -0.39 is 22.0 Å². The van der Waals surface area contributed by atoms with E-state index in [0.717, 1.165) is 0 Å². The molecule has 10 nitrogen and oxygen atoms in total. The highest BCUT2D eigenvalue weighted by Gasteiger charge is 2.19. The van der Waals surface area contributed by atoms with Crippen LogP contribution < -0.4 is 4.72 Å². The number of carboxylic acids is 2. The third-order valence-electron chi connectivity index (χ3n) is 5.05. The number of fused-ring (bicyclic) bond motifs is 1. The molecule has 0 aliphatic heterocycles. The smallest absolute Gasteiger partial charge is 0.337 e. The number of nitrogens with one attached hydrogen (secondary N) is 1. The van der Waals surface area contributed by atoms with Crippen molar-refractivity contribution in [2.24, 2.45) is 10.2 Å². The molecular formula is C24H17N3O7S. The van der Waals surface area contributed by atoms with Crippen LogP contribution in [0.5, 0.6) is 5.75 Å². The molecule has 0 aromatic heterocycles. The lowest BCUT2D eigenvalue weighted by atomic mass is 10.1. The fraction of sp³-hybridized carbons (Fsp3) is 0. The minimum atomic E-state index is -4.15. The topological polar surface area (TPSA) is 166 Å². The Bertz CT molecular complexity index is 1620. The maximum absolute atomic E-state index is 12.9. The monoisotopic (exact) mass is 491 g/mol. The number of phenolic OH excluding ortho intramolecular Hbond substituents is 1. The highest BCUT2D eigenvalue weighted by Crippen LogP contribution is 2.37. The molecule has 0 bridgehead atoms. The molecule has 4 aromatic carbocycles. The molecule has 0 amide bonds. The number of hydrogen-bond donors (Lipinski definition) is 4. The van der Waals surface area contributed by atoms with Gasteiger partial charge in [-0.25, -0.2) is 18.0 Å². The fourth-order valence-corrected chi connectivity index (χ4v) is 4.47. The number of aromatic hydroxyl groups is 1. The summed E-state index contributed by atoms with van der Waals surface area (Å²) in [5.41, 5.74) is -0.256. The van der Waals surface area contributed by atoms with E-state index in [1.165, 1.54) is 66.7 Å². The summed E-state index contributed by atoms with van der Waals surface area (Å²) in [6, 6.07) is 18.4. The number of para-hydroxylation sites is 1. The molecule has 0 fully saturated rings. The zero-order chi connectivity index (χ0) is 25.2. The minimum absolute atomic E-state index is 0.0239. The van der Waals surface area contributed by atoms with Crippen molar-refractivity contribution in [3.8, 4) is 5.75 Å². The molecule has 4 aromatic rings. The summed E-state index contributed by atoms with van der Waals surface area (Å²) in [7, 11) is -4.15. The summed E-state index contributed by atoms with van der Waals surface area (Å²) in [6.07, 6.45) is 0. The first kappa shape index (κ1) is 23.4. The highest BCUT2D eigenvalue weighted by molar-refractivity contribution is 7.92. The van der Waals surface area contributed by atoms with Crippen LogP contribution in [0, 0.1) is 0 Å². The molecule has 0 aliphatic rings. The SMILES string of the molecule is O=C(O)c1ccccc1N=Nc1c(O)ccc2cc(S(=O)(=O)Nc3ccccc3C(=O)O)ccc12. The Morgan fingerprint density at radius 1 is 0.771 bits per heavy atom. The zero-order valence-electron chi connectivity index (χ0n) is 17.8. The van der Waals surface area contributed by atoms with E-state index in [1.807, 2.05) is 0 Å². The Morgan fingerprint density at radius 3 is 2.14 bits per heavy atom. The summed E-state index contributed by atoms with van der Waals surface area (Å²) in [5, 5.41) is 37.7. The van der Waals surface area contributed by atoms with Crippen molar-refractivity contribution in [1.29, 1.82) is 0 Å².